The Balaban J connectivity index is 1.95. The molecule has 1 fully saturated rings. The molecule has 0 N–H and O–H groups in total. The van der Waals surface area contributed by atoms with Crippen molar-refractivity contribution in [2.24, 2.45) is 0 Å². The second kappa shape index (κ2) is 6.51. The molecule has 19 heavy (non-hydrogen) atoms. The lowest BCUT2D eigenvalue weighted by molar-refractivity contribution is -0.269. The molecule has 3 nitrogen and oxygen atoms in total. The molecule has 0 unspecified atom stereocenters. The van der Waals surface area contributed by atoms with E-state index < -0.39 is 0 Å². The maximum atomic E-state index is 6.13. The molecule has 1 saturated heterocycles. The summed E-state index contributed by atoms with van der Waals surface area (Å²) in [5.74, 6) is 0. The van der Waals surface area contributed by atoms with Crippen LogP contribution >= 0.6 is 0 Å². The Hall–Kier alpha value is -0.900. The van der Waals surface area contributed by atoms with Crippen molar-refractivity contribution in [3.05, 3.63) is 35.4 Å². The Labute approximate surface area is 115 Å². The molecule has 0 aliphatic carbocycles. The molecule has 0 atom stereocenters. The average Bonchev–Trinajstić information content (AvgIpc) is 2.47. The van der Waals surface area contributed by atoms with Crippen LogP contribution in [-0.4, -0.2) is 25.1 Å². The lowest BCUT2D eigenvalue weighted by Crippen LogP contribution is -2.48. The quantitative estimate of drug-likeness (QED) is 0.815. The van der Waals surface area contributed by atoms with E-state index in [0.717, 1.165) is 12.8 Å². The fraction of sp³-hybridized carbons (Fsp3) is 0.625. The molecule has 0 bridgehead atoms. The van der Waals surface area contributed by atoms with Gasteiger partial charge in [0.2, 0.25) is 0 Å². The summed E-state index contributed by atoms with van der Waals surface area (Å²) in [7, 11) is 0. The second-order valence-corrected chi connectivity index (χ2v) is 5.21. The van der Waals surface area contributed by atoms with Crippen LogP contribution < -0.4 is 0 Å². The smallest absolute Gasteiger partial charge is 0.157 e. The zero-order valence-corrected chi connectivity index (χ0v) is 12.1. The molecule has 2 rings (SSSR count). The SMILES string of the molecule is CCC1OCC(CC)(OCc2ccccc2C)CO1. The third-order valence-electron chi connectivity index (χ3n) is 3.84. The summed E-state index contributed by atoms with van der Waals surface area (Å²) in [6.45, 7) is 8.15. The summed E-state index contributed by atoms with van der Waals surface area (Å²) in [4.78, 5) is 0. The van der Waals surface area contributed by atoms with E-state index in [9.17, 15) is 0 Å². The summed E-state index contributed by atoms with van der Waals surface area (Å²) in [6.07, 6.45) is 1.72. The fourth-order valence-electron chi connectivity index (χ4n) is 2.21. The predicted molar refractivity (Wildman–Crippen MR) is 75.0 cm³/mol. The van der Waals surface area contributed by atoms with Crippen molar-refractivity contribution in [1.82, 2.24) is 0 Å². The number of aryl methyl sites for hydroxylation is 1. The normalized spacial score (nSPS) is 27.4. The Morgan fingerprint density at radius 1 is 1.21 bits per heavy atom. The van der Waals surface area contributed by atoms with Gasteiger partial charge in [0.15, 0.2) is 6.29 Å². The Morgan fingerprint density at radius 2 is 1.89 bits per heavy atom. The fourth-order valence-corrected chi connectivity index (χ4v) is 2.21. The van der Waals surface area contributed by atoms with Gasteiger partial charge in [-0.15, -0.1) is 0 Å². The Morgan fingerprint density at radius 3 is 2.47 bits per heavy atom. The van der Waals surface area contributed by atoms with E-state index in [0.29, 0.717) is 19.8 Å². The Bertz CT molecular complexity index is 395. The first-order valence-electron chi connectivity index (χ1n) is 7.11. The topological polar surface area (TPSA) is 27.7 Å². The maximum Gasteiger partial charge on any atom is 0.157 e. The van der Waals surface area contributed by atoms with E-state index in [4.69, 9.17) is 14.2 Å². The van der Waals surface area contributed by atoms with E-state index in [1.807, 2.05) is 12.1 Å². The molecule has 3 heteroatoms. The van der Waals surface area contributed by atoms with Gasteiger partial charge in [-0.25, -0.2) is 0 Å². The highest BCUT2D eigenvalue weighted by atomic mass is 16.7. The van der Waals surface area contributed by atoms with E-state index >= 15 is 0 Å². The summed E-state index contributed by atoms with van der Waals surface area (Å²) in [5.41, 5.74) is 2.19. The van der Waals surface area contributed by atoms with Gasteiger partial charge < -0.3 is 14.2 Å². The van der Waals surface area contributed by atoms with Crippen LogP contribution in [0.2, 0.25) is 0 Å². The van der Waals surface area contributed by atoms with Crippen molar-refractivity contribution in [2.75, 3.05) is 13.2 Å². The van der Waals surface area contributed by atoms with Crippen molar-refractivity contribution in [1.29, 1.82) is 0 Å². The highest BCUT2D eigenvalue weighted by Gasteiger charge is 2.36. The van der Waals surface area contributed by atoms with Crippen molar-refractivity contribution in [2.45, 2.75) is 52.1 Å². The van der Waals surface area contributed by atoms with Crippen LogP contribution in [0.15, 0.2) is 24.3 Å². The minimum Gasteiger partial charge on any atom is -0.365 e. The first kappa shape index (κ1) is 14.5. The summed E-state index contributed by atoms with van der Waals surface area (Å²) < 4.78 is 17.5. The molecule has 1 aliphatic rings. The lowest BCUT2D eigenvalue weighted by Gasteiger charge is -2.39. The van der Waals surface area contributed by atoms with Crippen molar-refractivity contribution in [3.63, 3.8) is 0 Å². The molecule has 1 aromatic rings. The van der Waals surface area contributed by atoms with Crippen LogP contribution in [0, 0.1) is 6.92 Å². The third kappa shape index (κ3) is 3.56. The Kier molecular flexibility index (Phi) is 4.97. The zero-order valence-electron chi connectivity index (χ0n) is 12.1. The molecule has 0 saturated carbocycles. The molecule has 1 heterocycles. The van der Waals surface area contributed by atoms with E-state index in [-0.39, 0.29) is 11.9 Å². The van der Waals surface area contributed by atoms with Crippen LogP contribution in [0.4, 0.5) is 0 Å². The number of rotatable bonds is 5. The van der Waals surface area contributed by atoms with Gasteiger partial charge in [0.25, 0.3) is 0 Å². The van der Waals surface area contributed by atoms with Crippen LogP contribution in [-0.2, 0) is 20.8 Å². The first-order chi connectivity index (χ1) is 9.19. The molecule has 0 amide bonds. The minimum atomic E-state index is -0.298. The summed E-state index contributed by atoms with van der Waals surface area (Å²) in [5, 5.41) is 0. The van der Waals surface area contributed by atoms with E-state index in [2.05, 4.69) is 32.9 Å². The van der Waals surface area contributed by atoms with Gasteiger partial charge in [-0.1, -0.05) is 38.1 Å². The maximum absolute atomic E-state index is 6.13. The molecular weight excluding hydrogens is 240 g/mol. The molecular formula is C16H24O3. The minimum absolute atomic E-state index is 0.0678. The van der Waals surface area contributed by atoms with Gasteiger partial charge in [-0.3, -0.25) is 0 Å². The molecule has 1 aromatic carbocycles. The van der Waals surface area contributed by atoms with Crippen molar-refractivity contribution in [3.8, 4) is 0 Å². The van der Waals surface area contributed by atoms with Gasteiger partial charge in [0, 0.05) is 0 Å². The molecule has 106 valence electrons. The van der Waals surface area contributed by atoms with Crippen molar-refractivity contribution >= 4 is 0 Å². The monoisotopic (exact) mass is 264 g/mol. The van der Waals surface area contributed by atoms with Crippen LogP contribution in [0.25, 0.3) is 0 Å². The highest BCUT2D eigenvalue weighted by Crippen LogP contribution is 2.26. The average molecular weight is 264 g/mol. The third-order valence-corrected chi connectivity index (χ3v) is 3.84. The lowest BCUT2D eigenvalue weighted by atomic mass is 10.0. The van der Waals surface area contributed by atoms with Crippen LogP contribution in [0.1, 0.15) is 37.8 Å². The van der Waals surface area contributed by atoms with Crippen LogP contribution in [0.3, 0.4) is 0 Å². The second-order valence-electron chi connectivity index (χ2n) is 5.21. The van der Waals surface area contributed by atoms with Gasteiger partial charge in [0.1, 0.15) is 5.60 Å². The largest absolute Gasteiger partial charge is 0.365 e. The summed E-state index contributed by atoms with van der Waals surface area (Å²) in [6, 6.07) is 8.31. The standard InChI is InChI=1S/C16H24O3/c1-4-15-17-11-16(5-2,12-18-15)19-10-14-9-7-6-8-13(14)3/h6-9,15H,4-5,10-12H2,1-3H3. The number of ether oxygens (including phenoxy) is 3. The molecule has 1 aliphatic heterocycles. The van der Waals surface area contributed by atoms with E-state index in [1.165, 1.54) is 11.1 Å². The number of benzene rings is 1. The molecule has 0 radical (unpaired) electrons. The van der Waals surface area contributed by atoms with Gasteiger partial charge in [-0.2, -0.15) is 0 Å². The predicted octanol–water partition coefficient (Wildman–Crippen LogP) is 3.44. The molecule has 0 aromatic heterocycles. The van der Waals surface area contributed by atoms with Gasteiger partial charge in [-0.05, 0) is 30.9 Å². The summed E-state index contributed by atoms with van der Waals surface area (Å²) >= 11 is 0. The molecule has 0 spiro atoms. The zero-order chi connectivity index (χ0) is 13.7. The highest BCUT2D eigenvalue weighted by molar-refractivity contribution is 5.24. The number of hydrogen-bond donors (Lipinski definition) is 0. The van der Waals surface area contributed by atoms with Crippen LogP contribution in [0.5, 0.6) is 0 Å². The number of hydrogen-bond acceptors (Lipinski definition) is 3. The van der Waals surface area contributed by atoms with Gasteiger partial charge in [0.05, 0.1) is 19.8 Å². The van der Waals surface area contributed by atoms with Crippen molar-refractivity contribution < 1.29 is 14.2 Å². The van der Waals surface area contributed by atoms with E-state index in [1.54, 1.807) is 0 Å². The first-order valence-corrected chi connectivity index (χ1v) is 7.11. The van der Waals surface area contributed by atoms with Gasteiger partial charge >= 0.3 is 0 Å².